The fraction of sp³-hybridized carbons (Fsp3) is 0.476. The van der Waals surface area contributed by atoms with Gasteiger partial charge in [0.15, 0.2) is 0 Å². The Kier molecular flexibility index (Phi) is 6.56. The Bertz CT molecular complexity index is 708. The number of nitrogens with zero attached hydrogens (tertiary/aromatic N) is 2. The molecule has 0 radical (unpaired) electrons. The second-order valence-electron chi connectivity index (χ2n) is 6.96. The molecule has 0 bridgehead atoms. The molecule has 0 aliphatic carbocycles. The van der Waals surface area contributed by atoms with Gasteiger partial charge in [-0.2, -0.15) is 0 Å². The summed E-state index contributed by atoms with van der Waals surface area (Å²) in [7, 11) is 0. The first kappa shape index (κ1) is 19.4. The zero-order valence-corrected chi connectivity index (χ0v) is 16.4. The molecule has 3 nitrogen and oxygen atoms in total. The molecule has 0 spiro atoms. The van der Waals surface area contributed by atoms with E-state index in [2.05, 4.69) is 25.7 Å². The molecular formula is C21H27ClN2O. The highest BCUT2D eigenvalue weighted by molar-refractivity contribution is 6.30. The standard InChI is InChI=1S/C21H27ClN2O/c1-5-23(6-2)20(25)24-14-13-18(21(3,4)16-24)11-7-9-17-10-8-12-19(22)15-17/h8,10-12,15H,5-6,13-14,16H2,1-4H3/b18-11+. The van der Waals surface area contributed by atoms with Gasteiger partial charge in [0.2, 0.25) is 0 Å². The number of allylic oxidation sites excluding steroid dienone is 1. The Balaban J connectivity index is 2.09. The summed E-state index contributed by atoms with van der Waals surface area (Å²) < 4.78 is 0. The van der Waals surface area contributed by atoms with Crippen LogP contribution in [-0.2, 0) is 0 Å². The third-order valence-electron chi connectivity index (χ3n) is 4.70. The summed E-state index contributed by atoms with van der Waals surface area (Å²) in [5, 5.41) is 0.697. The Morgan fingerprint density at radius 1 is 1.36 bits per heavy atom. The Morgan fingerprint density at radius 3 is 2.68 bits per heavy atom. The molecule has 1 aromatic carbocycles. The van der Waals surface area contributed by atoms with Crippen molar-refractivity contribution in [3.05, 3.63) is 46.5 Å². The van der Waals surface area contributed by atoms with Gasteiger partial charge in [0.1, 0.15) is 0 Å². The van der Waals surface area contributed by atoms with Gasteiger partial charge in [0.25, 0.3) is 0 Å². The molecule has 0 unspecified atom stereocenters. The Morgan fingerprint density at radius 2 is 2.08 bits per heavy atom. The number of benzene rings is 1. The normalized spacial score (nSPS) is 17.8. The van der Waals surface area contributed by atoms with Crippen molar-refractivity contribution >= 4 is 17.6 Å². The Labute approximate surface area is 156 Å². The number of likely N-dealkylation sites (tertiary alicyclic amines) is 1. The lowest BCUT2D eigenvalue weighted by molar-refractivity contribution is 0.128. The van der Waals surface area contributed by atoms with Gasteiger partial charge in [-0.3, -0.25) is 0 Å². The number of halogens is 1. The minimum atomic E-state index is -0.0654. The maximum Gasteiger partial charge on any atom is 0.320 e. The van der Waals surface area contributed by atoms with Crippen molar-refractivity contribution in [1.29, 1.82) is 0 Å². The van der Waals surface area contributed by atoms with Gasteiger partial charge in [-0.25, -0.2) is 4.79 Å². The van der Waals surface area contributed by atoms with Gasteiger partial charge in [0, 0.05) is 42.2 Å². The highest BCUT2D eigenvalue weighted by atomic mass is 35.5. The van der Waals surface area contributed by atoms with Crippen LogP contribution in [0.2, 0.25) is 5.02 Å². The summed E-state index contributed by atoms with van der Waals surface area (Å²) in [6.45, 7) is 11.4. The smallest absolute Gasteiger partial charge is 0.320 e. The SMILES string of the molecule is CCN(CC)C(=O)N1CC/C(=C\C#Cc2cccc(Cl)c2)C(C)(C)C1. The van der Waals surface area contributed by atoms with Gasteiger partial charge in [0.05, 0.1) is 0 Å². The maximum absolute atomic E-state index is 12.6. The van der Waals surface area contributed by atoms with Crippen LogP contribution < -0.4 is 0 Å². The molecule has 0 atom stereocenters. The molecule has 2 rings (SSSR count). The molecule has 1 aliphatic heterocycles. The van der Waals surface area contributed by atoms with Crippen LogP contribution in [0, 0.1) is 17.3 Å². The molecule has 25 heavy (non-hydrogen) atoms. The van der Waals surface area contributed by atoms with E-state index in [-0.39, 0.29) is 11.4 Å². The molecule has 0 saturated carbocycles. The van der Waals surface area contributed by atoms with Crippen LogP contribution in [0.5, 0.6) is 0 Å². The quantitative estimate of drug-likeness (QED) is 0.696. The van der Waals surface area contributed by atoms with Crippen molar-refractivity contribution in [3.8, 4) is 11.8 Å². The minimum Gasteiger partial charge on any atom is -0.325 e. The Hall–Kier alpha value is -1.92. The highest BCUT2D eigenvalue weighted by Gasteiger charge is 2.34. The molecule has 1 saturated heterocycles. The summed E-state index contributed by atoms with van der Waals surface area (Å²) in [6, 6.07) is 7.71. The summed E-state index contributed by atoms with van der Waals surface area (Å²) in [4.78, 5) is 16.4. The number of hydrogen-bond donors (Lipinski definition) is 0. The van der Waals surface area contributed by atoms with Crippen molar-refractivity contribution in [3.63, 3.8) is 0 Å². The summed E-state index contributed by atoms with van der Waals surface area (Å²) in [5.74, 6) is 6.30. The van der Waals surface area contributed by atoms with Crippen LogP contribution in [0.3, 0.4) is 0 Å². The molecule has 1 aromatic rings. The second kappa shape index (κ2) is 8.45. The van der Waals surface area contributed by atoms with Crippen LogP contribution in [0.4, 0.5) is 4.79 Å². The lowest BCUT2D eigenvalue weighted by atomic mass is 9.79. The van der Waals surface area contributed by atoms with Gasteiger partial charge in [-0.05, 0) is 44.5 Å². The third kappa shape index (κ3) is 5.03. The molecule has 2 amide bonds. The summed E-state index contributed by atoms with van der Waals surface area (Å²) >= 11 is 5.99. The average molecular weight is 359 g/mol. The zero-order chi connectivity index (χ0) is 18.4. The lowest BCUT2D eigenvalue weighted by Gasteiger charge is -2.41. The van der Waals surface area contributed by atoms with Crippen LogP contribution in [-0.4, -0.2) is 42.0 Å². The number of amides is 2. The maximum atomic E-state index is 12.6. The summed E-state index contributed by atoms with van der Waals surface area (Å²) in [5.41, 5.74) is 2.14. The number of rotatable bonds is 2. The van der Waals surface area contributed by atoms with Crippen molar-refractivity contribution in [2.24, 2.45) is 5.41 Å². The first-order valence-electron chi connectivity index (χ1n) is 8.88. The predicted molar refractivity (Wildman–Crippen MR) is 105 cm³/mol. The molecular weight excluding hydrogens is 332 g/mol. The van der Waals surface area contributed by atoms with Gasteiger partial charge >= 0.3 is 6.03 Å². The highest BCUT2D eigenvalue weighted by Crippen LogP contribution is 2.34. The van der Waals surface area contributed by atoms with E-state index in [1.807, 2.05) is 54.0 Å². The number of carbonyl (C=O) groups excluding carboxylic acids is 1. The molecule has 1 aliphatic rings. The number of piperidine rings is 1. The van der Waals surface area contributed by atoms with E-state index in [0.29, 0.717) is 5.02 Å². The number of urea groups is 1. The fourth-order valence-electron chi connectivity index (χ4n) is 3.15. The van der Waals surface area contributed by atoms with E-state index in [0.717, 1.165) is 38.2 Å². The average Bonchev–Trinajstić information content (AvgIpc) is 2.57. The van der Waals surface area contributed by atoms with Gasteiger partial charge < -0.3 is 9.80 Å². The van der Waals surface area contributed by atoms with E-state index in [9.17, 15) is 4.79 Å². The fourth-order valence-corrected chi connectivity index (χ4v) is 3.34. The first-order valence-corrected chi connectivity index (χ1v) is 9.25. The van der Waals surface area contributed by atoms with Crippen LogP contribution in [0.25, 0.3) is 0 Å². The van der Waals surface area contributed by atoms with Crippen LogP contribution >= 0.6 is 11.6 Å². The van der Waals surface area contributed by atoms with E-state index in [4.69, 9.17) is 11.6 Å². The summed E-state index contributed by atoms with van der Waals surface area (Å²) in [6.07, 6.45) is 2.88. The topological polar surface area (TPSA) is 23.6 Å². The van der Waals surface area contributed by atoms with E-state index >= 15 is 0 Å². The molecule has 134 valence electrons. The zero-order valence-electron chi connectivity index (χ0n) is 15.6. The first-order chi connectivity index (χ1) is 11.9. The molecule has 1 fully saturated rings. The van der Waals surface area contributed by atoms with Crippen molar-refractivity contribution < 1.29 is 4.79 Å². The largest absolute Gasteiger partial charge is 0.325 e. The molecule has 0 aromatic heterocycles. The van der Waals surface area contributed by atoms with Crippen molar-refractivity contribution in [2.75, 3.05) is 26.2 Å². The monoisotopic (exact) mass is 358 g/mol. The van der Waals surface area contributed by atoms with E-state index < -0.39 is 0 Å². The predicted octanol–water partition coefficient (Wildman–Crippen LogP) is 4.81. The van der Waals surface area contributed by atoms with Crippen molar-refractivity contribution in [2.45, 2.75) is 34.1 Å². The van der Waals surface area contributed by atoms with Gasteiger partial charge in [-0.15, -0.1) is 0 Å². The van der Waals surface area contributed by atoms with E-state index in [1.165, 1.54) is 5.57 Å². The lowest BCUT2D eigenvalue weighted by Crippen LogP contribution is -2.50. The molecule has 4 heteroatoms. The van der Waals surface area contributed by atoms with Crippen LogP contribution in [0.1, 0.15) is 39.7 Å². The van der Waals surface area contributed by atoms with Crippen LogP contribution in [0.15, 0.2) is 35.9 Å². The minimum absolute atomic E-state index is 0.0654. The molecule has 0 N–H and O–H groups in total. The second-order valence-corrected chi connectivity index (χ2v) is 7.40. The van der Waals surface area contributed by atoms with Gasteiger partial charge in [-0.1, -0.05) is 48.9 Å². The van der Waals surface area contributed by atoms with Crippen molar-refractivity contribution in [1.82, 2.24) is 9.80 Å². The molecule has 1 heterocycles. The van der Waals surface area contributed by atoms with E-state index in [1.54, 1.807) is 0 Å². The third-order valence-corrected chi connectivity index (χ3v) is 4.93. The number of carbonyl (C=O) groups is 1. The number of hydrogen-bond acceptors (Lipinski definition) is 1.